The molecule has 0 aliphatic carbocycles. The second kappa shape index (κ2) is 4.86. The van der Waals surface area contributed by atoms with Crippen LogP contribution in [0.2, 0.25) is 0 Å². The fraction of sp³-hybridized carbons (Fsp3) is 0.167. The van der Waals surface area contributed by atoms with Crippen molar-refractivity contribution in [2.75, 3.05) is 0 Å². The van der Waals surface area contributed by atoms with Crippen LogP contribution in [0, 0.1) is 0 Å². The van der Waals surface area contributed by atoms with E-state index in [9.17, 15) is 9.90 Å². The van der Waals surface area contributed by atoms with Crippen molar-refractivity contribution in [3.05, 3.63) is 71.5 Å². The molecule has 0 fully saturated rings. The Bertz CT molecular complexity index is 792. The quantitative estimate of drug-likeness (QED) is 0.740. The molecule has 0 radical (unpaired) electrons. The molecule has 3 heteroatoms. The third kappa shape index (κ3) is 2.60. The van der Waals surface area contributed by atoms with Gasteiger partial charge in [-0.2, -0.15) is 0 Å². The molecule has 0 saturated carbocycles. The number of ketones is 1. The minimum absolute atomic E-state index is 0.0245. The largest absolute Gasteiger partial charge is 0.458 e. The highest BCUT2D eigenvalue weighted by molar-refractivity contribution is 6.10. The molecule has 3 aromatic rings. The molecule has 0 aliphatic heterocycles. The first-order chi connectivity index (χ1) is 9.95. The second-order valence-corrected chi connectivity index (χ2v) is 5.62. The molecule has 3 nitrogen and oxygen atoms in total. The highest BCUT2D eigenvalue weighted by Crippen LogP contribution is 2.28. The summed E-state index contributed by atoms with van der Waals surface area (Å²) in [6.45, 7) is 3.33. The molecule has 0 amide bonds. The van der Waals surface area contributed by atoms with E-state index in [-0.39, 0.29) is 5.78 Å². The molecular formula is C18H16O3. The first kappa shape index (κ1) is 13.6. The summed E-state index contributed by atoms with van der Waals surface area (Å²) in [4.78, 5) is 12.4. The number of carbonyl (C=O) groups excluding carboxylic acids is 1. The van der Waals surface area contributed by atoms with E-state index in [0.717, 1.165) is 5.39 Å². The molecule has 2 aromatic carbocycles. The first-order valence-corrected chi connectivity index (χ1v) is 6.81. The maximum atomic E-state index is 12.4. The number of carbonyl (C=O) groups is 1. The lowest BCUT2D eigenvalue weighted by molar-refractivity contribution is 0.0559. The molecule has 0 spiro atoms. The van der Waals surface area contributed by atoms with Crippen LogP contribution in [-0.2, 0) is 5.60 Å². The topological polar surface area (TPSA) is 50.4 Å². The summed E-state index contributed by atoms with van der Waals surface area (Å²) < 4.78 is 5.61. The number of hydrogen-bond donors (Lipinski definition) is 1. The van der Waals surface area contributed by atoms with Gasteiger partial charge in [-0.15, -0.1) is 0 Å². The van der Waals surface area contributed by atoms with Gasteiger partial charge in [0.25, 0.3) is 0 Å². The van der Waals surface area contributed by atoms with Gasteiger partial charge in [-0.25, -0.2) is 0 Å². The summed E-state index contributed by atoms with van der Waals surface area (Å²) in [6.07, 6.45) is 0. The lowest BCUT2D eigenvalue weighted by Gasteiger charge is -2.12. The van der Waals surface area contributed by atoms with Crippen LogP contribution in [0.5, 0.6) is 0 Å². The van der Waals surface area contributed by atoms with E-state index < -0.39 is 5.60 Å². The number of hydrogen-bond acceptors (Lipinski definition) is 3. The van der Waals surface area contributed by atoms with Crippen molar-refractivity contribution in [2.24, 2.45) is 0 Å². The Morgan fingerprint density at radius 2 is 1.71 bits per heavy atom. The number of aliphatic hydroxyl groups is 1. The van der Waals surface area contributed by atoms with E-state index in [1.165, 1.54) is 0 Å². The van der Waals surface area contributed by atoms with Crippen molar-refractivity contribution in [3.8, 4) is 0 Å². The lowest BCUT2D eigenvalue weighted by atomic mass is 10.0. The molecule has 0 aliphatic rings. The van der Waals surface area contributed by atoms with E-state index in [0.29, 0.717) is 22.5 Å². The highest BCUT2D eigenvalue weighted by Gasteiger charge is 2.21. The second-order valence-electron chi connectivity index (χ2n) is 5.62. The number of benzene rings is 2. The van der Waals surface area contributed by atoms with E-state index in [1.807, 2.05) is 18.2 Å². The minimum atomic E-state index is -1.04. The molecule has 0 bridgehead atoms. The maximum absolute atomic E-state index is 12.4. The van der Waals surface area contributed by atoms with Crippen molar-refractivity contribution >= 4 is 16.8 Å². The highest BCUT2D eigenvalue weighted by atomic mass is 16.4. The zero-order valence-electron chi connectivity index (χ0n) is 12.0. The standard InChI is InChI=1S/C18H16O3/c1-18(2,20)16-11-14-10-13(8-9-15(14)21-16)17(19)12-6-4-3-5-7-12/h3-11,20H,1-2H3. The monoisotopic (exact) mass is 280 g/mol. The molecule has 3 rings (SSSR count). The van der Waals surface area contributed by atoms with Gasteiger partial charge in [-0.05, 0) is 38.1 Å². The molecule has 0 saturated heterocycles. The molecule has 1 heterocycles. The number of furan rings is 1. The molecule has 106 valence electrons. The van der Waals surface area contributed by atoms with Gasteiger partial charge >= 0.3 is 0 Å². The average molecular weight is 280 g/mol. The Hall–Kier alpha value is -2.39. The van der Waals surface area contributed by atoms with Crippen molar-refractivity contribution in [3.63, 3.8) is 0 Å². The molecule has 0 atom stereocenters. The minimum Gasteiger partial charge on any atom is -0.458 e. The zero-order valence-corrected chi connectivity index (χ0v) is 12.0. The summed E-state index contributed by atoms with van der Waals surface area (Å²) in [5.74, 6) is 0.463. The van der Waals surface area contributed by atoms with Crippen molar-refractivity contribution in [2.45, 2.75) is 19.4 Å². The van der Waals surface area contributed by atoms with Gasteiger partial charge in [-0.1, -0.05) is 30.3 Å². The normalized spacial score (nSPS) is 11.8. The van der Waals surface area contributed by atoms with Crippen molar-refractivity contribution in [1.82, 2.24) is 0 Å². The van der Waals surface area contributed by atoms with Crippen molar-refractivity contribution in [1.29, 1.82) is 0 Å². The third-order valence-corrected chi connectivity index (χ3v) is 3.42. The van der Waals surface area contributed by atoms with E-state index in [4.69, 9.17) is 4.42 Å². The maximum Gasteiger partial charge on any atom is 0.193 e. The van der Waals surface area contributed by atoms with Gasteiger partial charge in [0, 0.05) is 16.5 Å². The van der Waals surface area contributed by atoms with Crippen LogP contribution in [0.4, 0.5) is 0 Å². The Balaban J connectivity index is 2.03. The molecular weight excluding hydrogens is 264 g/mol. The Labute approximate surface area is 122 Å². The first-order valence-electron chi connectivity index (χ1n) is 6.81. The van der Waals surface area contributed by atoms with E-state index in [2.05, 4.69) is 0 Å². The van der Waals surface area contributed by atoms with Crippen molar-refractivity contribution < 1.29 is 14.3 Å². The fourth-order valence-corrected chi connectivity index (χ4v) is 2.24. The summed E-state index contributed by atoms with van der Waals surface area (Å²) in [6, 6.07) is 16.2. The smallest absolute Gasteiger partial charge is 0.193 e. The summed E-state index contributed by atoms with van der Waals surface area (Å²) >= 11 is 0. The summed E-state index contributed by atoms with van der Waals surface area (Å²) in [5.41, 5.74) is 0.888. The van der Waals surface area contributed by atoms with Crippen LogP contribution >= 0.6 is 0 Å². The molecule has 0 unspecified atom stereocenters. The SMILES string of the molecule is CC(C)(O)c1cc2cc(C(=O)c3ccccc3)ccc2o1. The average Bonchev–Trinajstić information content (AvgIpc) is 2.90. The van der Waals surface area contributed by atoms with Gasteiger partial charge in [0.15, 0.2) is 5.78 Å². The van der Waals surface area contributed by atoms with Gasteiger partial charge in [0.2, 0.25) is 0 Å². The van der Waals surface area contributed by atoms with Crippen LogP contribution < -0.4 is 0 Å². The predicted octanol–water partition coefficient (Wildman–Crippen LogP) is 3.89. The Kier molecular flexibility index (Phi) is 3.15. The third-order valence-electron chi connectivity index (χ3n) is 3.42. The Morgan fingerprint density at radius 3 is 2.38 bits per heavy atom. The fourth-order valence-electron chi connectivity index (χ4n) is 2.24. The summed E-state index contributed by atoms with van der Waals surface area (Å²) in [7, 11) is 0. The van der Waals surface area contributed by atoms with E-state index in [1.54, 1.807) is 50.2 Å². The van der Waals surface area contributed by atoms with Crippen LogP contribution in [0.1, 0.15) is 35.5 Å². The molecule has 1 aromatic heterocycles. The van der Waals surface area contributed by atoms with Gasteiger partial charge in [0.1, 0.15) is 16.9 Å². The van der Waals surface area contributed by atoms with Crippen LogP contribution in [-0.4, -0.2) is 10.9 Å². The molecule has 1 N–H and O–H groups in total. The summed E-state index contributed by atoms with van der Waals surface area (Å²) in [5, 5.41) is 10.8. The zero-order chi connectivity index (χ0) is 15.0. The predicted molar refractivity (Wildman–Crippen MR) is 81.3 cm³/mol. The number of fused-ring (bicyclic) bond motifs is 1. The number of rotatable bonds is 3. The van der Waals surface area contributed by atoms with Gasteiger partial charge in [-0.3, -0.25) is 4.79 Å². The lowest BCUT2D eigenvalue weighted by Crippen LogP contribution is -2.13. The van der Waals surface area contributed by atoms with Gasteiger partial charge < -0.3 is 9.52 Å². The molecule has 21 heavy (non-hydrogen) atoms. The van der Waals surface area contributed by atoms with Crippen LogP contribution in [0.25, 0.3) is 11.0 Å². The van der Waals surface area contributed by atoms with Crippen LogP contribution in [0.3, 0.4) is 0 Å². The Morgan fingerprint density at radius 1 is 1.00 bits per heavy atom. The van der Waals surface area contributed by atoms with Crippen LogP contribution in [0.15, 0.2) is 59.0 Å². The van der Waals surface area contributed by atoms with Gasteiger partial charge in [0.05, 0.1) is 0 Å². The van der Waals surface area contributed by atoms with E-state index >= 15 is 0 Å².